The number of halogens is 2. The minimum absolute atomic E-state index is 0.621. The Hall–Kier alpha value is -0.0800. The second kappa shape index (κ2) is 2.71. The second-order valence-corrected chi connectivity index (χ2v) is 5.37. The Morgan fingerprint density at radius 3 is 1.85 bits per heavy atom. The van der Waals surface area contributed by atoms with Crippen LogP contribution in [-0.2, 0) is 0 Å². The highest BCUT2D eigenvalue weighted by atomic mass is 79.9. The highest BCUT2D eigenvalue weighted by molar-refractivity contribution is 9.14. The maximum Gasteiger partial charge on any atom is 0.0176 e. The monoisotopic (exact) mass is 298 g/mol. The number of rotatable bonds is 0. The van der Waals surface area contributed by atoms with Crippen molar-refractivity contribution in [1.29, 1.82) is 0 Å². The molecule has 0 N–H and O–H groups in total. The van der Waals surface area contributed by atoms with Crippen molar-refractivity contribution in [2.45, 2.75) is 18.3 Å². The first-order valence-electron chi connectivity index (χ1n) is 4.43. The van der Waals surface area contributed by atoms with E-state index in [2.05, 4.69) is 56.1 Å². The van der Waals surface area contributed by atoms with Crippen LogP contribution in [0.25, 0.3) is 0 Å². The van der Waals surface area contributed by atoms with E-state index >= 15 is 0 Å². The van der Waals surface area contributed by atoms with Crippen LogP contribution in [0.4, 0.5) is 0 Å². The van der Waals surface area contributed by atoms with Gasteiger partial charge in [-0.1, -0.05) is 56.1 Å². The van der Waals surface area contributed by atoms with E-state index in [-0.39, 0.29) is 0 Å². The van der Waals surface area contributed by atoms with E-state index in [4.69, 9.17) is 0 Å². The molecular formula is C11H8Br2. The average Bonchev–Trinajstić information content (AvgIpc) is 2.66. The van der Waals surface area contributed by atoms with Crippen LogP contribution in [0.3, 0.4) is 0 Å². The van der Waals surface area contributed by atoms with Crippen LogP contribution in [0.1, 0.15) is 29.4 Å². The Morgan fingerprint density at radius 1 is 0.923 bits per heavy atom. The molecule has 0 amide bonds. The van der Waals surface area contributed by atoms with Crippen molar-refractivity contribution in [2.75, 3.05) is 0 Å². The highest BCUT2D eigenvalue weighted by Gasteiger charge is 2.41. The molecule has 2 aliphatic rings. The van der Waals surface area contributed by atoms with Crippen LogP contribution in [0, 0.1) is 0 Å². The highest BCUT2D eigenvalue weighted by Crippen LogP contribution is 2.59. The van der Waals surface area contributed by atoms with Gasteiger partial charge in [0.1, 0.15) is 0 Å². The molecule has 1 aromatic carbocycles. The number of hydrogen-bond donors (Lipinski definition) is 0. The zero-order valence-corrected chi connectivity index (χ0v) is 10.1. The summed E-state index contributed by atoms with van der Waals surface area (Å²) in [5, 5.41) is 0. The van der Waals surface area contributed by atoms with Crippen LogP contribution in [0.5, 0.6) is 0 Å². The van der Waals surface area contributed by atoms with Gasteiger partial charge in [-0.25, -0.2) is 0 Å². The predicted molar refractivity (Wildman–Crippen MR) is 61.4 cm³/mol. The lowest BCUT2D eigenvalue weighted by Gasteiger charge is -2.15. The van der Waals surface area contributed by atoms with Gasteiger partial charge in [-0.05, 0) is 17.5 Å². The smallest absolute Gasteiger partial charge is 0.0176 e. The van der Waals surface area contributed by atoms with Crippen molar-refractivity contribution < 1.29 is 0 Å². The number of benzene rings is 1. The fourth-order valence-corrected chi connectivity index (χ4v) is 3.87. The van der Waals surface area contributed by atoms with Crippen molar-refractivity contribution in [3.63, 3.8) is 0 Å². The summed E-state index contributed by atoms with van der Waals surface area (Å²) in [4.78, 5) is 0. The molecule has 0 spiro atoms. The quantitative estimate of drug-likeness (QED) is 0.671. The zero-order valence-electron chi connectivity index (χ0n) is 6.93. The van der Waals surface area contributed by atoms with Crippen LogP contribution >= 0.6 is 31.9 Å². The third-order valence-corrected chi connectivity index (χ3v) is 5.55. The molecule has 0 fully saturated rings. The van der Waals surface area contributed by atoms with E-state index in [0.29, 0.717) is 11.8 Å². The van der Waals surface area contributed by atoms with E-state index in [1.54, 1.807) is 0 Å². The molecule has 0 saturated carbocycles. The molecule has 2 bridgehead atoms. The van der Waals surface area contributed by atoms with Gasteiger partial charge in [0.15, 0.2) is 0 Å². The molecule has 2 heteroatoms. The Bertz CT molecular complexity index is 369. The molecule has 13 heavy (non-hydrogen) atoms. The first-order chi connectivity index (χ1) is 6.29. The van der Waals surface area contributed by atoms with Crippen LogP contribution in [0.2, 0.25) is 0 Å². The van der Waals surface area contributed by atoms with Gasteiger partial charge in [-0.2, -0.15) is 0 Å². The molecule has 2 aliphatic carbocycles. The Labute approximate surface area is 94.3 Å². The molecule has 3 rings (SSSR count). The summed E-state index contributed by atoms with van der Waals surface area (Å²) in [6.45, 7) is 0. The van der Waals surface area contributed by atoms with Crippen molar-refractivity contribution in [3.8, 4) is 0 Å². The van der Waals surface area contributed by atoms with Gasteiger partial charge >= 0.3 is 0 Å². The van der Waals surface area contributed by atoms with Crippen LogP contribution in [0.15, 0.2) is 33.2 Å². The Balaban J connectivity index is 2.24. The van der Waals surface area contributed by atoms with Crippen molar-refractivity contribution >= 4 is 31.9 Å². The van der Waals surface area contributed by atoms with Gasteiger partial charge in [0.05, 0.1) is 0 Å². The molecule has 1 aromatic rings. The molecule has 0 aromatic heterocycles. The lowest BCUT2D eigenvalue weighted by atomic mass is 9.97. The normalized spacial score (nSPS) is 29.7. The van der Waals surface area contributed by atoms with E-state index in [1.807, 2.05) is 0 Å². The number of fused-ring (bicyclic) bond motifs is 5. The third kappa shape index (κ3) is 0.962. The molecule has 2 atom stereocenters. The largest absolute Gasteiger partial charge is 0.0620 e. The zero-order chi connectivity index (χ0) is 9.00. The van der Waals surface area contributed by atoms with Crippen molar-refractivity contribution in [1.82, 2.24) is 0 Å². The fraction of sp³-hybridized carbons (Fsp3) is 0.273. The summed E-state index contributed by atoms with van der Waals surface area (Å²) in [5.41, 5.74) is 3.03. The van der Waals surface area contributed by atoms with Gasteiger partial charge in [0.25, 0.3) is 0 Å². The summed E-state index contributed by atoms with van der Waals surface area (Å²) < 4.78 is 2.72. The molecule has 0 heterocycles. The summed E-state index contributed by atoms with van der Waals surface area (Å²) in [6, 6.07) is 8.77. The molecule has 0 radical (unpaired) electrons. The second-order valence-electron chi connectivity index (χ2n) is 3.67. The van der Waals surface area contributed by atoms with Crippen molar-refractivity contribution in [3.05, 3.63) is 44.4 Å². The number of allylic oxidation sites excluding steroid dienone is 2. The molecular weight excluding hydrogens is 292 g/mol. The Morgan fingerprint density at radius 2 is 1.38 bits per heavy atom. The third-order valence-electron chi connectivity index (χ3n) is 3.06. The standard InChI is InChI=1S/C11H8Br2/c12-10-8-5-9(11(10)13)7-4-2-1-3-6(7)8/h1-4,8-9H,5H2. The van der Waals surface area contributed by atoms with E-state index in [0.717, 1.165) is 0 Å². The molecule has 0 saturated heterocycles. The van der Waals surface area contributed by atoms with Gasteiger partial charge < -0.3 is 0 Å². The number of hydrogen-bond acceptors (Lipinski definition) is 0. The molecule has 0 aliphatic heterocycles. The van der Waals surface area contributed by atoms with Gasteiger partial charge in [0.2, 0.25) is 0 Å². The van der Waals surface area contributed by atoms with Gasteiger partial charge in [-0.15, -0.1) is 0 Å². The molecule has 2 unspecified atom stereocenters. The molecule has 0 nitrogen and oxygen atoms in total. The lowest BCUT2D eigenvalue weighted by Crippen LogP contribution is -1.97. The van der Waals surface area contributed by atoms with E-state index in [9.17, 15) is 0 Å². The van der Waals surface area contributed by atoms with Gasteiger partial charge in [-0.3, -0.25) is 0 Å². The summed E-state index contributed by atoms with van der Waals surface area (Å²) in [7, 11) is 0. The first-order valence-corrected chi connectivity index (χ1v) is 6.01. The SMILES string of the molecule is BrC1=C(Br)C2CC1c1ccccc12. The maximum atomic E-state index is 3.66. The topological polar surface area (TPSA) is 0 Å². The van der Waals surface area contributed by atoms with Crippen LogP contribution < -0.4 is 0 Å². The summed E-state index contributed by atoms with van der Waals surface area (Å²) in [5.74, 6) is 1.24. The van der Waals surface area contributed by atoms with Crippen LogP contribution in [-0.4, -0.2) is 0 Å². The fourth-order valence-electron chi connectivity index (χ4n) is 2.45. The average molecular weight is 300 g/mol. The maximum absolute atomic E-state index is 3.66. The summed E-state index contributed by atoms with van der Waals surface area (Å²) in [6.07, 6.45) is 1.25. The lowest BCUT2D eigenvalue weighted by molar-refractivity contribution is 0.799. The first kappa shape index (κ1) is 8.25. The minimum atomic E-state index is 0.621. The predicted octanol–water partition coefficient (Wildman–Crippen LogP) is 4.27. The van der Waals surface area contributed by atoms with Gasteiger partial charge in [0, 0.05) is 20.8 Å². The summed E-state index contributed by atoms with van der Waals surface area (Å²) >= 11 is 7.33. The Kier molecular flexibility index (Phi) is 1.72. The van der Waals surface area contributed by atoms with Crippen molar-refractivity contribution in [2.24, 2.45) is 0 Å². The minimum Gasteiger partial charge on any atom is -0.0620 e. The molecule has 66 valence electrons. The van der Waals surface area contributed by atoms with E-state index in [1.165, 1.54) is 26.5 Å². The van der Waals surface area contributed by atoms with E-state index < -0.39 is 0 Å².